The van der Waals surface area contributed by atoms with Crippen LogP contribution in [0.5, 0.6) is 0 Å². The van der Waals surface area contributed by atoms with Crippen LogP contribution >= 0.6 is 11.6 Å². The van der Waals surface area contributed by atoms with Crippen molar-refractivity contribution in [3.8, 4) is 0 Å². The summed E-state index contributed by atoms with van der Waals surface area (Å²) in [4.78, 5) is 0. The van der Waals surface area contributed by atoms with Gasteiger partial charge in [-0.3, -0.25) is 0 Å². The maximum absolute atomic E-state index is 10.1. The summed E-state index contributed by atoms with van der Waals surface area (Å²) in [7, 11) is 0. The van der Waals surface area contributed by atoms with Crippen LogP contribution in [0.4, 0.5) is 0 Å². The third-order valence-corrected chi connectivity index (χ3v) is 3.53. The molecule has 3 N–H and O–H groups in total. The lowest BCUT2D eigenvalue weighted by Crippen LogP contribution is -2.32. The number of halogens is 1. The summed E-state index contributed by atoms with van der Waals surface area (Å²) in [5, 5.41) is 10.7. The number of nitrogens with two attached hydrogens (primary N) is 1. The van der Waals surface area contributed by atoms with Crippen LogP contribution in [-0.4, -0.2) is 11.2 Å². The Morgan fingerprint density at radius 3 is 2.56 bits per heavy atom. The van der Waals surface area contributed by atoms with Crippen LogP contribution in [0, 0.1) is 12.8 Å². The van der Waals surface area contributed by atoms with E-state index in [2.05, 4.69) is 0 Å². The molecule has 0 fully saturated rings. The minimum atomic E-state index is -0.552. The maximum atomic E-state index is 10.1. The van der Waals surface area contributed by atoms with Crippen LogP contribution in [0.3, 0.4) is 0 Å². The van der Waals surface area contributed by atoms with Gasteiger partial charge in [-0.2, -0.15) is 0 Å². The molecule has 0 radical (unpaired) electrons. The minimum Gasteiger partial charge on any atom is -0.391 e. The second kappa shape index (κ2) is 5.67. The fraction of sp³-hybridized carbons (Fsp3) is 0.538. The van der Waals surface area contributed by atoms with Crippen LogP contribution < -0.4 is 5.73 Å². The van der Waals surface area contributed by atoms with Crippen molar-refractivity contribution in [1.82, 2.24) is 0 Å². The number of hydrogen-bond acceptors (Lipinski definition) is 2. The normalized spacial score (nSPS) is 16.9. The number of aliphatic hydroxyl groups excluding tert-OH is 1. The third kappa shape index (κ3) is 2.76. The topological polar surface area (TPSA) is 46.2 Å². The minimum absolute atomic E-state index is 0.172. The van der Waals surface area contributed by atoms with Gasteiger partial charge in [0.25, 0.3) is 0 Å². The van der Waals surface area contributed by atoms with Crippen LogP contribution in [-0.2, 0) is 0 Å². The Balaban J connectivity index is 3.00. The Labute approximate surface area is 102 Å². The number of hydrogen-bond donors (Lipinski definition) is 2. The number of benzene rings is 1. The third-order valence-electron chi connectivity index (χ3n) is 3.20. The Morgan fingerprint density at radius 2 is 2.06 bits per heavy atom. The molecule has 0 spiro atoms. The van der Waals surface area contributed by atoms with Gasteiger partial charge >= 0.3 is 0 Å². The van der Waals surface area contributed by atoms with E-state index in [1.165, 1.54) is 0 Å². The van der Waals surface area contributed by atoms with Crippen molar-refractivity contribution >= 4 is 11.6 Å². The summed E-state index contributed by atoms with van der Waals surface area (Å²) < 4.78 is 0. The van der Waals surface area contributed by atoms with Crippen LogP contribution in [0.2, 0.25) is 5.02 Å². The van der Waals surface area contributed by atoms with Crippen molar-refractivity contribution in [2.45, 2.75) is 39.3 Å². The SMILES string of the molecule is CCC(C)[C@H](O)[C@H](N)c1c(C)cccc1Cl. The van der Waals surface area contributed by atoms with Gasteiger partial charge < -0.3 is 10.8 Å². The van der Waals surface area contributed by atoms with Gasteiger partial charge in [-0.15, -0.1) is 0 Å². The zero-order valence-electron chi connectivity index (χ0n) is 10.1. The predicted molar refractivity (Wildman–Crippen MR) is 68.6 cm³/mol. The van der Waals surface area contributed by atoms with Gasteiger partial charge in [0.05, 0.1) is 12.1 Å². The smallest absolute Gasteiger partial charge is 0.0758 e. The molecule has 0 aliphatic rings. The average molecular weight is 242 g/mol. The van der Waals surface area contributed by atoms with Gasteiger partial charge in [0.2, 0.25) is 0 Å². The first kappa shape index (κ1) is 13.5. The van der Waals surface area contributed by atoms with Crippen LogP contribution in [0.25, 0.3) is 0 Å². The lowest BCUT2D eigenvalue weighted by Gasteiger charge is -2.26. The second-order valence-corrected chi connectivity index (χ2v) is 4.78. The van der Waals surface area contributed by atoms with Crippen LogP contribution in [0.1, 0.15) is 37.4 Å². The van der Waals surface area contributed by atoms with E-state index in [0.29, 0.717) is 5.02 Å². The zero-order chi connectivity index (χ0) is 12.3. The number of aliphatic hydroxyl groups is 1. The van der Waals surface area contributed by atoms with Gasteiger partial charge in [-0.05, 0) is 30.0 Å². The van der Waals surface area contributed by atoms with Crippen molar-refractivity contribution in [3.63, 3.8) is 0 Å². The zero-order valence-corrected chi connectivity index (χ0v) is 10.8. The Bertz CT molecular complexity index is 334. The quantitative estimate of drug-likeness (QED) is 0.851. The van der Waals surface area contributed by atoms with Gasteiger partial charge in [-0.25, -0.2) is 0 Å². The molecule has 1 unspecified atom stereocenters. The number of rotatable bonds is 4. The molecule has 3 atom stereocenters. The second-order valence-electron chi connectivity index (χ2n) is 4.37. The lowest BCUT2D eigenvalue weighted by molar-refractivity contribution is 0.0878. The van der Waals surface area contributed by atoms with E-state index >= 15 is 0 Å². The molecular formula is C13H20ClNO. The summed E-state index contributed by atoms with van der Waals surface area (Å²) in [6, 6.07) is 5.25. The molecule has 0 aliphatic heterocycles. The highest BCUT2D eigenvalue weighted by Gasteiger charge is 2.24. The monoisotopic (exact) mass is 241 g/mol. The van der Waals surface area contributed by atoms with E-state index in [0.717, 1.165) is 17.5 Å². The first-order chi connectivity index (χ1) is 7.49. The molecule has 0 saturated carbocycles. The Morgan fingerprint density at radius 1 is 1.44 bits per heavy atom. The highest BCUT2D eigenvalue weighted by Crippen LogP contribution is 2.29. The fourth-order valence-corrected chi connectivity index (χ4v) is 2.18. The van der Waals surface area contributed by atoms with E-state index in [4.69, 9.17) is 17.3 Å². The molecular weight excluding hydrogens is 222 g/mol. The molecule has 3 heteroatoms. The molecule has 16 heavy (non-hydrogen) atoms. The molecule has 0 saturated heterocycles. The van der Waals surface area contributed by atoms with Gasteiger partial charge in [-0.1, -0.05) is 44.0 Å². The molecule has 2 nitrogen and oxygen atoms in total. The summed E-state index contributed by atoms with van der Waals surface area (Å²) in [6.07, 6.45) is 0.349. The van der Waals surface area contributed by atoms with Gasteiger partial charge in [0, 0.05) is 5.02 Å². The maximum Gasteiger partial charge on any atom is 0.0758 e. The molecule has 0 heterocycles. The highest BCUT2D eigenvalue weighted by atomic mass is 35.5. The Kier molecular flexibility index (Phi) is 4.78. The molecule has 0 aliphatic carbocycles. The highest BCUT2D eigenvalue weighted by molar-refractivity contribution is 6.31. The first-order valence-corrected chi connectivity index (χ1v) is 6.05. The first-order valence-electron chi connectivity index (χ1n) is 5.67. The molecule has 1 aromatic rings. The van der Waals surface area contributed by atoms with E-state index in [1.807, 2.05) is 39.0 Å². The summed E-state index contributed by atoms with van der Waals surface area (Å²) >= 11 is 6.13. The van der Waals surface area contributed by atoms with E-state index < -0.39 is 12.1 Å². The van der Waals surface area contributed by atoms with Crippen molar-refractivity contribution in [1.29, 1.82) is 0 Å². The van der Waals surface area contributed by atoms with Crippen LogP contribution in [0.15, 0.2) is 18.2 Å². The van der Waals surface area contributed by atoms with E-state index in [9.17, 15) is 5.11 Å². The molecule has 0 aromatic heterocycles. The Hall–Kier alpha value is -0.570. The lowest BCUT2D eigenvalue weighted by atomic mass is 9.89. The standard InChI is InChI=1S/C13H20ClNO/c1-4-8(2)13(16)12(15)11-9(3)6-5-7-10(11)14/h5-8,12-13,16H,4,15H2,1-3H3/t8?,12-,13+/m1/s1. The summed E-state index contributed by atoms with van der Waals surface area (Å²) in [5.41, 5.74) is 7.97. The average Bonchev–Trinajstić information content (AvgIpc) is 2.26. The van der Waals surface area contributed by atoms with E-state index in [1.54, 1.807) is 0 Å². The van der Waals surface area contributed by atoms with Gasteiger partial charge in [0.15, 0.2) is 0 Å². The van der Waals surface area contributed by atoms with Crippen molar-refractivity contribution in [3.05, 3.63) is 34.3 Å². The molecule has 90 valence electrons. The summed E-state index contributed by atoms with van der Waals surface area (Å²) in [6.45, 7) is 6.00. The molecule has 1 aromatic carbocycles. The predicted octanol–water partition coefficient (Wildman–Crippen LogP) is 3.06. The van der Waals surface area contributed by atoms with E-state index in [-0.39, 0.29) is 5.92 Å². The van der Waals surface area contributed by atoms with Crippen molar-refractivity contribution in [2.24, 2.45) is 11.7 Å². The number of aryl methyl sites for hydroxylation is 1. The summed E-state index contributed by atoms with van der Waals surface area (Å²) in [5.74, 6) is 0.172. The van der Waals surface area contributed by atoms with Crippen molar-refractivity contribution in [2.75, 3.05) is 0 Å². The van der Waals surface area contributed by atoms with Gasteiger partial charge in [0.1, 0.15) is 0 Å². The molecule has 0 amide bonds. The molecule has 0 bridgehead atoms. The largest absolute Gasteiger partial charge is 0.391 e. The fourth-order valence-electron chi connectivity index (χ4n) is 1.83. The van der Waals surface area contributed by atoms with Crippen molar-refractivity contribution < 1.29 is 5.11 Å². The molecule has 1 rings (SSSR count).